The van der Waals surface area contributed by atoms with Crippen LogP contribution >= 0.6 is 0 Å². The maximum Gasteiger partial charge on any atom is 0.182 e. The number of nitrogens with zero attached hydrogens (tertiary/aromatic N) is 1. The number of sulfone groups is 1. The molecule has 0 aliphatic carbocycles. The SMILES string of the molecule is CC.COc1ccc(S(=O)(=O)C2CCN(C)C2)cc1.O=CCOc1ccc(CO)cc1. The second-order valence-electron chi connectivity index (χ2n) is 6.67. The summed E-state index contributed by atoms with van der Waals surface area (Å²) < 4.78 is 34.7. The molecule has 0 aromatic heterocycles. The minimum absolute atomic E-state index is 0.0218. The van der Waals surface area contributed by atoms with Gasteiger partial charge in [-0.15, -0.1) is 0 Å². The van der Waals surface area contributed by atoms with Gasteiger partial charge in [-0.3, -0.25) is 4.79 Å². The molecule has 1 unspecified atom stereocenters. The van der Waals surface area contributed by atoms with Crippen molar-refractivity contribution < 1.29 is 27.8 Å². The second kappa shape index (κ2) is 13.8. The van der Waals surface area contributed by atoms with Gasteiger partial charge in [-0.05, 0) is 62.0 Å². The Labute approximate surface area is 185 Å². The second-order valence-corrected chi connectivity index (χ2v) is 8.90. The van der Waals surface area contributed by atoms with E-state index in [1.54, 1.807) is 55.6 Å². The summed E-state index contributed by atoms with van der Waals surface area (Å²) in [5, 5.41) is 8.43. The molecule has 172 valence electrons. The van der Waals surface area contributed by atoms with Gasteiger partial charge in [-0.25, -0.2) is 8.42 Å². The molecule has 0 amide bonds. The van der Waals surface area contributed by atoms with Crippen LogP contribution < -0.4 is 9.47 Å². The van der Waals surface area contributed by atoms with E-state index in [0.717, 1.165) is 12.1 Å². The maximum absolute atomic E-state index is 12.3. The predicted molar refractivity (Wildman–Crippen MR) is 121 cm³/mol. The molecule has 1 N–H and O–H groups in total. The Bertz CT molecular complexity index is 866. The lowest BCUT2D eigenvalue weighted by Crippen LogP contribution is -2.24. The van der Waals surface area contributed by atoms with E-state index in [1.807, 2.05) is 25.8 Å². The van der Waals surface area contributed by atoms with Crippen molar-refractivity contribution in [2.45, 2.75) is 37.0 Å². The molecule has 0 saturated carbocycles. The van der Waals surface area contributed by atoms with Crippen molar-refractivity contribution in [1.29, 1.82) is 0 Å². The van der Waals surface area contributed by atoms with E-state index < -0.39 is 9.84 Å². The Balaban J connectivity index is 0.000000303. The van der Waals surface area contributed by atoms with Gasteiger partial charge in [0, 0.05) is 6.54 Å². The first kappa shape index (κ1) is 26.6. The number of carbonyl (C=O) groups is 1. The first-order valence-corrected chi connectivity index (χ1v) is 11.8. The topological polar surface area (TPSA) is 93.1 Å². The summed E-state index contributed by atoms with van der Waals surface area (Å²) in [5.74, 6) is 1.31. The number of carbonyl (C=O) groups excluding carboxylic acids is 1. The van der Waals surface area contributed by atoms with Crippen molar-refractivity contribution >= 4 is 16.1 Å². The summed E-state index contributed by atoms with van der Waals surface area (Å²) >= 11 is 0. The molecule has 2 aromatic carbocycles. The quantitative estimate of drug-likeness (QED) is 0.647. The number of likely N-dealkylation sites (tertiary alicyclic amines) is 1. The zero-order chi connectivity index (χ0) is 23.3. The highest BCUT2D eigenvalue weighted by Crippen LogP contribution is 2.24. The lowest BCUT2D eigenvalue weighted by molar-refractivity contribution is -0.109. The predicted octanol–water partition coefficient (Wildman–Crippen LogP) is 2.96. The molecule has 31 heavy (non-hydrogen) atoms. The van der Waals surface area contributed by atoms with Crippen molar-refractivity contribution in [3.8, 4) is 11.5 Å². The fourth-order valence-corrected chi connectivity index (χ4v) is 4.69. The fraction of sp³-hybridized carbons (Fsp3) is 0.435. The van der Waals surface area contributed by atoms with E-state index in [4.69, 9.17) is 14.6 Å². The normalized spacial score (nSPS) is 15.7. The maximum atomic E-state index is 12.3. The van der Waals surface area contributed by atoms with Crippen molar-refractivity contribution in [3.05, 3.63) is 54.1 Å². The highest BCUT2D eigenvalue weighted by Gasteiger charge is 2.32. The van der Waals surface area contributed by atoms with E-state index in [0.29, 0.717) is 35.6 Å². The van der Waals surface area contributed by atoms with Gasteiger partial charge in [0.2, 0.25) is 0 Å². The van der Waals surface area contributed by atoms with E-state index in [-0.39, 0.29) is 18.5 Å². The highest BCUT2D eigenvalue weighted by molar-refractivity contribution is 7.92. The number of hydrogen-bond acceptors (Lipinski definition) is 7. The van der Waals surface area contributed by atoms with Crippen LogP contribution in [0.2, 0.25) is 0 Å². The Morgan fingerprint density at radius 1 is 1.06 bits per heavy atom. The molecule has 3 rings (SSSR count). The first-order chi connectivity index (χ1) is 14.9. The van der Waals surface area contributed by atoms with E-state index in [1.165, 1.54) is 0 Å². The van der Waals surface area contributed by atoms with E-state index in [2.05, 4.69) is 0 Å². The molecule has 0 spiro atoms. The molecule has 0 bridgehead atoms. The zero-order valence-corrected chi connectivity index (χ0v) is 19.5. The zero-order valence-electron chi connectivity index (χ0n) is 18.7. The van der Waals surface area contributed by atoms with Crippen LogP contribution in [0, 0.1) is 0 Å². The van der Waals surface area contributed by atoms with Crippen LogP contribution in [0.25, 0.3) is 0 Å². The number of hydrogen-bond donors (Lipinski definition) is 1. The van der Waals surface area contributed by atoms with Crippen molar-refractivity contribution in [2.24, 2.45) is 0 Å². The van der Waals surface area contributed by atoms with Crippen LogP contribution in [0.5, 0.6) is 11.5 Å². The van der Waals surface area contributed by atoms with Crippen LogP contribution in [0.4, 0.5) is 0 Å². The van der Waals surface area contributed by atoms with Gasteiger partial charge in [-0.2, -0.15) is 0 Å². The van der Waals surface area contributed by atoms with E-state index in [9.17, 15) is 13.2 Å². The lowest BCUT2D eigenvalue weighted by atomic mass is 10.2. The number of aldehydes is 1. The molecule has 1 heterocycles. The molecular weight excluding hydrogens is 418 g/mol. The Kier molecular flexibility index (Phi) is 11.8. The van der Waals surface area contributed by atoms with Gasteiger partial charge in [0.15, 0.2) is 16.1 Å². The third-order valence-corrected chi connectivity index (χ3v) is 6.79. The first-order valence-electron chi connectivity index (χ1n) is 10.2. The average Bonchev–Trinajstić information content (AvgIpc) is 3.27. The van der Waals surface area contributed by atoms with Crippen LogP contribution in [-0.2, 0) is 21.2 Å². The third-order valence-electron chi connectivity index (χ3n) is 4.60. The largest absolute Gasteiger partial charge is 0.497 e. The van der Waals surface area contributed by atoms with Crippen LogP contribution in [-0.4, -0.2) is 63.8 Å². The number of rotatable bonds is 7. The third kappa shape index (κ3) is 8.32. The minimum atomic E-state index is -3.19. The standard InChI is InChI=1S/C12H17NO3S.C9H10O3.C2H6/c1-13-8-7-12(9-13)17(14,15)11-5-3-10(16-2)4-6-11;10-5-6-12-9-3-1-8(7-11)2-4-9;1-2/h3-6,12H,7-9H2,1-2H3;1-5,11H,6-7H2;1-2H3. The summed E-state index contributed by atoms with van der Waals surface area (Å²) in [7, 11) is 0.319. The van der Waals surface area contributed by atoms with Gasteiger partial charge in [0.1, 0.15) is 18.1 Å². The monoisotopic (exact) mass is 451 g/mol. The highest BCUT2D eigenvalue weighted by atomic mass is 32.2. The van der Waals surface area contributed by atoms with Gasteiger partial charge in [-0.1, -0.05) is 26.0 Å². The molecular formula is C23H33NO6S. The van der Waals surface area contributed by atoms with Crippen molar-refractivity contribution in [3.63, 3.8) is 0 Å². The summed E-state index contributed by atoms with van der Waals surface area (Å²) in [4.78, 5) is 12.4. The summed E-state index contributed by atoms with van der Waals surface area (Å²) in [5.41, 5.74) is 0.827. The Hall–Kier alpha value is -2.42. The molecule has 1 aliphatic heterocycles. The Morgan fingerprint density at radius 3 is 2.10 bits per heavy atom. The van der Waals surface area contributed by atoms with E-state index >= 15 is 0 Å². The summed E-state index contributed by atoms with van der Waals surface area (Å²) in [6.45, 7) is 5.56. The number of aliphatic hydroxyl groups excluding tert-OH is 1. The number of methoxy groups -OCH3 is 1. The molecule has 1 saturated heterocycles. The lowest BCUT2D eigenvalue weighted by Gasteiger charge is -2.12. The molecule has 2 aromatic rings. The molecule has 1 atom stereocenters. The minimum Gasteiger partial charge on any atom is -0.497 e. The average molecular weight is 452 g/mol. The van der Waals surface area contributed by atoms with Gasteiger partial charge in [0.05, 0.1) is 23.9 Å². The fourth-order valence-electron chi connectivity index (χ4n) is 2.93. The molecule has 0 radical (unpaired) electrons. The summed E-state index contributed by atoms with van der Waals surface area (Å²) in [6.07, 6.45) is 1.41. The van der Waals surface area contributed by atoms with Gasteiger partial charge in [0.25, 0.3) is 0 Å². The Morgan fingerprint density at radius 2 is 1.65 bits per heavy atom. The van der Waals surface area contributed by atoms with Crippen molar-refractivity contribution in [2.75, 3.05) is 33.9 Å². The molecule has 1 aliphatic rings. The summed E-state index contributed by atoms with van der Waals surface area (Å²) in [6, 6.07) is 13.5. The number of ether oxygens (including phenoxy) is 2. The molecule has 1 fully saturated rings. The van der Waals surface area contributed by atoms with Gasteiger partial charge >= 0.3 is 0 Å². The number of aliphatic hydroxyl groups is 1. The van der Waals surface area contributed by atoms with Crippen LogP contribution in [0.1, 0.15) is 25.8 Å². The van der Waals surface area contributed by atoms with Crippen LogP contribution in [0.15, 0.2) is 53.4 Å². The smallest absolute Gasteiger partial charge is 0.182 e. The number of benzene rings is 2. The molecule has 7 nitrogen and oxygen atoms in total. The van der Waals surface area contributed by atoms with Crippen molar-refractivity contribution in [1.82, 2.24) is 4.90 Å². The van der Waals surface area contributed by atoms with Crippen LogP contribution in [0.3, 0.4) is 0 Å². The molecule has 8 heteroatoms. The van der Waals surface area contributed by atoms with Gasteiger partial charge < -0.3 is 19.5 Å².